The topological polar surface area (TPSA) is 30.5 Å². The molecule has 2 unspecified atom stereocenters. The van der Waals surface area contributed by atoms with Crippen molar-refractivity contribution in [2.45, 2.75) is 65.1 Å². The predicted molar refractivity (Wildman–Crippen MR) is 75.9 cm³/mol. The van der Waals surface area contributed by atoms with Gasteiger partial charge >= 0.3 is 0 Å². The summed E-state index contributed by atoms with van der Waals surface area (Å²) in [6.07, 6.45) is 7.25. The van der Waals surface area contributed by atoms with Gasteiger partial charge in [0.2, 0.25) is 0 Å². The van der Waals surface area contributed by atoms with Crippen LogP contribution < -0.4 is 5.32 Å². The minimum absolute atomic E-state index is 0.348. The van der Waals surface area contributed by atoms with Gasteiger partial charge in [-0.2, -0.15) is 0 Å². The Hall–Kier alpha value is -0.120. The summed E-state index contributed by atoms with van der Waals surface area (Å²) in [7, 11) is 0. The largest absolute Gasteiger partial charge is 0.379 e. The molecule has 0 radical (unpaired) electrons. The maximum atomic E-state index is 5.95. The SMILES string of the molecule is CC(C)OCCCNCCOC1CCCCC1C. The van der Waals surface area contributed by atoms with Crippen molar-refractivity contribution >= 4 is 0 Å². The van der Waals surface area contributed by atoms with Crippen LogP contribution in [0.2, 0.25) is 0 Å². The van der Waals surface area contributed by atoms with Crippen molar-refractivity contribution in [3.63, 3.8) is 0 Å². The van der Waals surface area contributed by atoms with Gasteiger partial charge < -0.3 is 14.8 Å². The van der Waals surface area contributed by atoms with E-state index in [9.17, 15) is 0 Å². The summed E-state index contributed by atoms with van der Waals surface area (Å²) in [5.41, 5.74) is 0. The first-order chi connectivity index (χ1) is 8.70. The lowest BCUT2D eigenvalue weighted by Gasteiger charge is -2.28. The van der Waals surface area contributed by atoms with Gasteiger partial charge in [-0.05, 0) is 45.6 Å². The molecule has 0 bridgehead atoms. The number of nitrogens with one attached hydrogen (secondary N) is 1. The highest BCUT2D eigenvalue weighted by Crippen LogP contribution is 2.25. The highest BCUT2D eigenvalue weighted by atomic mass is 16.5. The van der Waals surface area contributed by atoms with E-state index in [0.717, 1.165) is 38.6 Å². The standard InChI is InChI=1S/C15H31NO2/c1-13(2)17-11-6-9-16-10-12-18-15-8-5-4-7-14(15)3/h13-16H,4-12H2,1-3H3. The summed E-state index contributed by atoms with van der Waals surface area (Å²) in [5, 5.41) is 3.41. The third kappa shape index (κ3) is 7.34. The number of ether oxygens (including phenoxy) is 2. The zero-order valence-corrected chi connectivity index (χ0v) is 12.4. The van der Waals surface area contributed by atoms with Crippen LogP contribution in [0.15, 0.2) is 0 Å². The van der Waals surface area contributed by atoms with Gasteiger partial charge in [-0.25, -0.2) is 0 Å². The van der Waals surface area contributed by atoms with Crippen LogP contribution in [-0.4, -0.2) is 38.5 Å². The molecule has 0 saturated heterocycles. The minimum Gasteiger partial charge on any atom is -0.379 e. The Kier molecular flexibility index (Phi) is 8.64. The maximum Gasteiger partial charge on any atom is 0.0601 e. The van der Waals surface area contributed by atoms with Crippen LogP contribution in [0.3, 0.4) is 0 Å². The lowest BCUT2D eigenvalue weighted by molar-refractivity contribution is -0.00333. The Morgan fingerprint density at radius 1 is 1.11 bits per heavy atom. The van der Waals surface area contributed by atoms with Crippen LogP contribution in [0, 0.1) is 5.92 Å². The maximum absolute atomic E-state index is 5.95. The summed E-state index contributed by atoms with van der Waals surface area (Å²) < 4.78 is 11.4. The molecule has 1 fully saturated rings. The monoisotopic (exact) mass is 257 g/mol. The van der Waals surface area contributed by atoms with Crippen molar-refractivity contribution in [1.29, 1.82) is 0 Å². The Morgan fingerprint density at radius 2 is 1.89 bits per heavy atom. The van der Waals surface area contributed by atoms with E-state index in [4.69, 9.17) is 9.47 Å². The molecule has 0 aliphatic heterocycles. The highest BCUT2D eigenvalue weighted by Gasteiger charge is 2.21. The molecule has 108 valence electrons. The second kappa shape index (κ2) is 9.76. The van der Waals surface area contributed by atoms with Crippen molar-refractivity contribution in [1.82, 2.24) is 5.32 Å². The molecule has 0 aromatic carbocycles. The third-order valence-corrected chi connectivity index (χ3v) is 3.59. The van der Waals surface area contributed by atoms with Crippen LogP contribution in [0.4, 0.5) is 0 Å². The van der Waals surface area contributed by atoms with Crippen molar-refractivity contribution in [2.75, 3.05) is 26.3 Å². The van der Waals surface area contributed by atoms with Crippen molar-refractivity contribution in [3.8, 4) is 0 Å². The van der Waals surface area contributed by atoms with Crippen molar-refractivity contribution < 1.29 is 9.47 Å². The number of hydrogen-bond donors (Lipinski definition) is 1. The van der Waals surface area contributed by atoms with Crippen LogP contribution in [-0.2, 0) is 9.47 Å². The Balaban J connectivity index is 1.86. The minimum atomic E-state index is 0.348. The molecule has 1 aliphatic rings. The summed E-state index contributed by atoms with van der Waals surface area (Å²) in [6, 6.07) is 0. The molecule has 0 aromatic rings. The second-order valence-corrected chi connectivity index (χ2v) is 5.69. The molecular weight excluding hydrogens is 226 g/mol. The molecule has 1 aliphatic carbocycles. The lowest BCUT2D eigenvalue weighted by Crippen LogP contribution is -2.29. The van der Waals surface area contributed by atoms with Crippen LogP contribution in [0.1, 0.15) is 52.9 Å². The van der Waals surface area contributed by atoms with E-state index in [2.05, 4.69) is 26.1 Å². The fraction of sp³-hybridized carbons (Fsp3) is 1.00. The van der Waals surface area contributed by atoms with Gasteiger partial charge in [-0.1, -0.05) is 19.8 Å². The smallest absolute Gasteiger partial charge is 0.0601 e. The fourth-order valence-electron chi connectivity index (χ4n) is 2.45. The Labute approximate surface area is 113 Å². The van der Waals surface area contributed by atoms with Crippen molar-refractivity contribution in [2.24, 2.45) is 5.92 Å². The third-order valence-electron chi connectivity index (χ3n) is 3.59. The highest BCUT2D eigenvalue weighted by molar-refractivity contribution is 4.72. The van der Waals surface area contributed by atoms with Gasteiger partial charge in [0.15, 0.2) is 0 Å². The van der Waals surface area contributed by atoms with E-state index in [1.54, 1.807) is 0 Å². The van der Waals surface area contributed by atoms with Gasteiger partial charge in [-0.15, -0.1) is 0 Å². The van der Waals surface area contributed by atoms with Gasteiger partial charge in [0.25, 0.3) is 0 Å². The molecule has 0 amide bonds. The summed E-state index contributed by atoms with van der Waals surface area (Å²) >= 11 is 0. The summed E-state index contributed by atoms with van der Waals surface area (Å²) in [6.45, 7) is 10.2. The number of rotatable bonds is 9. The van der Waals surface area contributed by atoms with Crippen LogP contribution in [0.25, 0.3) is 0 Å². The van der Waals surface area contributed by atoms with Crippen molar-refractivity contribution in [3.05, 3.63) is 0 Å². The molecule has 1 rings (SSSR count). The Bertz CT molecular complexity index is 197. The average Bonchev–Trinajstić information content (AvgIpc) is 2.34. The van der Waals surface area contributed by atoms with E-state index in [-0.39, 0.29) is 0 Å². The summed E-state index contributed by atoms with van der Waals surface area (Å²) in [5.74, 6) is 0.748. The van der Waals surface area contributed by atoms with Gasteiger partial charge in [0.1, 0.15) is 0 Å². The van der Waals surface area contributed by atoms with Crippen LogP contribution >= 0.6 is 0 Å². The molecule has 0 aromatic heterocycles. The molecule has 3 heteroatoms. The fourth-order valence-corrected chi connectivity index (χ4v) is 2.45. The molecule has 1 saturated carbocycles. The van der Waals surface area contributed by atoms with Gasteiger partial charge in [0.05, 0.1) is 18.8 Å². The van der Waals surface area contributed by atoms with E-state index >= 15 is 0 Å². The van der Waals surface area contributed by atoms with E-state index < -0.39 is 0 Å². The Morgan fingerprint density at radius 3 is 2.61 bits per heavy atom. The zero-order valence-electron chi connectivity index (χ0n) is 12.4. The van der Waals surface area contributed by atoms with Gasteiger partial charge in [-0.3, -0.25) is 0 Å². The normalized spacial score (nSPS) is 24.7. The molecule has 2 atom stereocenters. The molecular formula is C15H31NO2. The first kappa shape index (κ1) is 15.9. The quantitative estimate of drug-likeness (QED) is 0.644. The molecule has 0 heterocycles. The van der Waals surface area contributed by atoms with E-state index in [1.807, 2.05) is 0 Å². The van der Waals surface area contributed by atoms with E-state index in [1.165, 1.54) is 25.7 Å². The first-order valence-electron chi connectivity index (χ1n) is 7.64. The molecule has 18 heavy (non-hydrogen) atoms. The zero-order chi connectivity index (χ0) is 13.2. The predicted octanol–water partition coefficient (Wildman–Crippen LogP) is 2.99. The molecule has 0 spiro atoms. The molecule has 1 N–H and O–H groups in total. The van der Waals surface area contributed by atoms with E-state index in [0.29, 0.717) is 12.2 Å². The summed E-state index contributed by atoms with van der Waals surface area (Å²) in [4.78, 5) is 0. The lowest BCUT2D eigenvalue weighted by atomic mass is 9.88. The molecule has 3 nitrogen and oxygen atoms in total. The van der Waals surface area contributed by atoms with Gasteiger partial charge in [0, 0.05) is 13.2 Å². The second-order valence-electron chi connectivity index (χ2n) is 5.69. The first-order valence-corrected chi connectivity index (χ1v) is 7.64. The van der Waals surface area contributed by atoms with Crippen LogP contribution in [0.5, 0.6) is 0 Å². The number of hydrogen-bond acceptors (Lipinski definition) is 3. The average molecular weight is 257 g/mol.